The highest BCUT2D eigenvalue weighted by Crippen LogP contribution is 2.34. The summed E-state index contributed by atoms with van der Waals surface area (Å²) in [6.07, 6.45) is 0. The molecule has 0 fully saturated rings. The Hall–Kier alpha value is -3.20. The molecule has 8 nitrogen and oxygen atoms in total. The van der Waals surface area contributed by atoms with Gasteiger partial charge < -0.3 is 9.72 Å². The fourth-order valence-electron chi connectivity index (χ4n) is 2.82. The third-order valence-corrected chi connectivity index (χ3v) is 5.17. The minimum atomic E-state index is -0.165. The van der Waals surface area contributed by atoms with Crippen LogP contribution in [0.1, 0.15) is 24.9 Å². The fraction of sp³-hybridized carbons (Fsp3) is 0.211. The van der Waals surface area contributed by atoms with Crippen LogP contribution in [-0.2, 0) is 0 Å². The molecule has 4 aromatic rings. The molecule has 1 N–H and O–H groups in total. The van der Waals surface area contributed by atoms with E-state index in [4.69, 9.17) is 4.74 Å². The van der Waals surface area contributed by atoms with Crippen LogP contribution in [-0.4, -0.2) is 36.8 Å². The predicted octanol–water partition coefficient (Wildman–Crippen LogP) is 3.15. The van der Waals surface area contributed by atoms with Crippen molar-refractivity contribution in [3.8, 4) is 11.4 Å². The molecule has 0 amide bonds. The molecule has 0 aliphatic rings. The number of nitrogens with one attached hydrogen (secondary N) is 1. The maximum absolute atomic E-state index is 12.3. The molecule has 0 saturated heterocycles. The molecule has 4 rings (SSSR count). The molecular weight excluding hydrogens is 376 g/mol. The van der Waals surface area contributed by atoms with E-state index in [0.717, 1.165) is 5.69 Å². The molecule has 0 aliphatic heterocycles. The normalized spacial score (nSPS) is 12.2. The van der Waals surface area contributed by atoms with Gasteiger partial charge in [-0.05, 0) is 48.5 Å². The van der Waals surface area contributed by atoms with Crippen molar-refractivity contribution < 1.29 is 4.74 Å². The van der Waals surface area contributed by atoms with Crippen LogP contribution in [0.15, 0.2) is 58.5 Å². The van der Waals surface area contributed by atoms with Crippen molar-refractivity contribution in [1.82, 2.24) is 30.2 Å². The Morgan fingerprint density at radius 3 is 2.82 bits per heavy atom. The third-order valence-electron chi connectivity index (χ3n) is 4.13. The highest BCUT2D eigenvalue weighted by Gasteiger charge is 2.19. The molecule has 2 aromatic carbocycles. The molecule has 1 atom stereocenters. The minimum Gasteiger partial charge on any atom is -0.492 e. The Morgan fingerprint density at radius 1 is 1.18 bits per heavy atom. The van der Waals surface area contributed by atoms with Gasteiger partial charge in [-0.15, -0.1) is 5.10 Å². The Morgan fingerprint density at radius 2 is 1.96 bits per heavy atom. The lowest BCUT2D eigenvalue weighted by Crippen LogP contribution is -2.13. The molecule has 0 spiro atoms. The molecule has 0 saturated carbocycles. The van der Waals surface area contributed by atoms with Crippen molar-refractivity contribution in [3.63, 3.8) is 0 Å². The SMILES string of the molecule is CCOc1ccccc1-n1nnnc1SC(C)c1nc2ccccc2c(=O)[nH]1. The maximum atomic E-state index is 12.3. The largest absolute Gasteiger partial charge is 0.492 e. The van der Waals surface area contributed by atoms with Crippen molar-refractivity contribution in [2.45, 2.75) is 24.3 Å². The van der Waals surface area contributed by atoms with E-state index < -0.39 is 0 Å². The first kappa shape index (κ1) is 18.2. The van der Waals surface area contributed by atoms with E-state index in [2.05, 4.69) is 25.5 Å². The van der Waals surface area contributed by atoms with Gasteiger partial charge in [0, 0.05) is 0 Å². The number of hydrogen-bond donors (Lipinski definition) is 1. The summed E-state index contributed by atoms with van der Waals surface area (Å²) < 4.78 is 7.31. The van der Waals surface area contributed by atoms with E-state index in [1.807, 2.05) is 56.3 Å². The summed E-state index contributed by atoms with van der Waals surface area (Å²) in [5.74, 6) is 1.27. The summed E-state index contributed by atoms with van der Waals surface area (Å²) in [5, 5.41) is 13.0. The van der Waals surface area contributed by atoms with Crippen molar-refractivity contribution in [1.29, 1.82) is 0 Å². The van der Waals surface area contributed by atoms with Crippen LogP contribution >= 0.6 is 11.8 Å². The molecule has 0 aliphatic carbocycles. The maximum Gasteiger partial charge on any atom is 0.258 e. The topological polar surface area (TPSA) is 98.6 Å². The summed E-state index contributed by atoms with van der Waals surface area (Å²) in [6.45, 7) is 4.42. The van der Waals surface area contributed by atoms with Crippen LogP contribution < -0.4 is 10.3 Å². The number of para-hydroxylation sites is 3. The van der Waals surface area contributed by atoms with Crippen molar-refractivity contribution in [2.75, 3.05) is 6.61 Å². The van der Waals surface area contributed by atoms with Gasteiger partial charge in [-0.3, -0.25) is 4.79 Å². The Labute approximate surface area is 165 Å². The van der Waals surface area contributed by atoms with Gasteiger partial charge >= 0.3 is 0 Å². The summed E-state index contributed by atoms with van der Waals surface area (Å²) in [6, 6.07) is 14.8. The zero-order valence-electron chi connectivity index (χ0n) is 15.4. The molecule has 142 valence electrons. The number of ether oxygens (including phenoxy) is 1. The smallest absolute Gasteiger partial charge is 0.258 e. The standard InChI is InChI=1S/C19H18N6O2S/c1-3-27-16-11-7-6-10-15(16)25-19(22-23-24-25)28-12(2)17-20-14-9-5-4-8-13(14)18(26)21-17/h4-12H,3H2,1-2H3,(H,20,21,26). The second-order valence-electron chi connectivity index (χ2n) is 6.00. The number of benzene rings is 2. The second-order valence-corrected chi connectivity index (χ2v) is 7.31. The molecule has 2 aromatic heterocycles. The van der Waals surface area contributed by atoms with Gasteiger partial charge in [0.1, 0.15) is 17.3 Å². The van der Waals surface area contributed by atoms with E-state index in [-0.39, 0.29) is 10.8 Å². The fourth-order valence-corrected chi connectivity index (χ4v) is 3.68. The van der Waals surface area contributed by atoms with Crippen molar-refractivity contribution >= 4 is 22.7 Å². The number of aromatic amines is 1. The lowest BCUT2D eigenvalue weighted by atomic mass is 10.2. The van der Waals surface area contributed by atoms with Gasteiger partial charge in [0.05, 0.1) is 22.8 Å². The molecule has 9 heteroatoms. The highest BCUT2D eigenvalue weighted by molar-refractivity contribution is 7.99. The van der Waals surface area contributed by atoms with Crippen molar-refractivity contribution in [3.05, 3.63) is 64.7 Å². The van der Waals surface area contributed by atoms with Crippen LogP contribution in [0, 0.1) is 0 Å². The van der Waals surface area contributed by atoms with Gasteiger partial charge in [-0.25, -0.2) is 4.98 Å². The number of H-pyrrole nitrogens is 1. The Balaban J connectivity index is 1.66. The summed E-state index contributed by atoms with van der Waals surface area (Å²) in [7, 11) is 0. The quantitative estimate of drug-likeness (QED) is 0.502. The molecule has 2 heterocycles. The van der Waals surface area contributed by atoms with E-state index in [9.17, 15) is 4.79 Å². The van der Waals surface area contributed by atoms with E-state index in [0.29, 0.717) is 34.2 Å². The lowest BCUT2D eigenvalue weighted by molar-refractivity contribution is 0.337. The van der Waals surface area contributed by atoms with Gasteiger partial charge in [0.25, 0.3) is 5.56 Å². The van der Waals surface area contributed by atoms with Gasteiger partial charge in [0.2, 0.25) is 5.16 Å². The first-order chi connectivity index (χ1) is 13.7. The lowest BCUT2D eigenvalue weighted by Gasteiger charge is -2.13. The second kappa shape index (κ2) is 7.81. The van der Waals surface area contributed by atoms with Crippen LogP contribution in [0.2, 0.25) is 0 Å². The highest BCUT2D eigenvalue weighted by atomic mass is 32.2. The Kier molecular flexibility index (Phi) is 5.07. The average molecular weight is 394 g/mol. The molecule has 1 unspecified atom stereocenters. The van der Waals surface area contributed by atoms with Gasteiger partial charge in [0.15, 0.2) is 0 Å². The third kappa shape index (κ3) is 3.48. The van der Waals surface area contributed by atoms with Crippen LogP contribution in [0.5, 0.6) is 5.75 Å². The summed E-state index contributed by atoms with van der Waals surface area (Å²) in [5.41, 5.74) is 1.26. The monoisotopic (exact) mass is 394 g/mol. The van der Waals surface area contributed by atoms with E-state index in [1.54, 1.807) is 10.7 Å². The molecule has 0 bridgehead atoms. The summed E-state index contributed by atoms with van der Waals surface area (Å²) >= 11 is 1.41. The van der Waals surface area contributed by atoms with Crippen molar-refractivity contribution in [2.24, 2.45) is 0 Å². The van der Waals surface area contributed by atoms with E-state index in [1.165, 1.54) is 11.8 Å². The number of rotatable bonds is 6. The first-order valence-electron chi connectivity index (χ1n) is 8.83. The number of nitrogens with zero attached hydrogens (tertiary/aromatic N) is 5. The number of thioether (sulfide) groups is 1. The zero-order chi connectivity index (χ0) is 19.5. The van der Waals surface area contributed by atoms with Crippen LogP contribution in [0.3, 0.4) is 0 Å². The molecule has 0 radical (unpaired) electrons. The first-order valence-corrected chi connectivity index (χ1v) is 9.71. The minimum absolute atomic E-state index is 0.158. The number of fused-ring (bicyclic) bond motifs is 1. The van der Waals surface area contributed by atoms with Crippen LogP contribution in [0.25, 0.3) is 16.6 Å². The zero-order valence-corrected chi connectivity index (χ0v) is 16.2. The Bertz CT molecular complexity index is 1170. The van der Waals surface area contributed by atoms with Crippen LogP contribution in [0.4, 0.5) is 0 Å². The average Bonchev–Trinajstić information content (AvgIpc) is 3.16. The van der Waals surface area contributed by atoms with Gasteiger partial charge in [-0.1, -0.05) is 36.0 Å². The number of tetrazole rings is 1. The van der Waals surface area contributed by atoms with E-state index >= 15 is 0 Å². The predicted molar refractivity (Wildman–Crippen MR) is 107 cm³/mol. The number of aromatic nitrogens is 6. The molecule has 28 heavy (non-hydrogen) atoms. The molecular formula is C19H18N6O2S. The number of hydrogen-bond acceptors (Lipinski definition) is 7. The summed E-state index contributed by atoms with van der Waals surface area (Å²) in [4.78, 5) is 19.8. The van der Waals surface area contributed by atoms with Gasteiger partial charge in [-0.2, -0.15) is 4.68 Å².